The van der Waals surface area contributed by atoms with Crippen LogP contribution in [-0.4, -0.2) is 37.7 Å². The number of methoxy groups -OCH3 is 1. The van der Waals surface area contributed by atoms with Crippen LogP contribution in [0.3, 0.4) is 0 Å². The highest BCUT2D eigenvalue weighted by molar-refractivity contribution is 5.16. The van der Waals surface area contributed by atoms with Crippen molar-refractivity contribution in [3.05, 3.63) is 35.6 Å². The van der Waals surface area contributed by atoms with Crippen LogP contribution in [0.1, 0.15) is 12.5 Å². The number of hydrogen-bond donors (Lipinski definition) is 1. The molecule has 0 aliphatic rings. The quantitative estimate of drug-likeness (QED) is 0.821. The lowest BCUT2D eigenvalue weighted by Crippen LogP contribution is -2.52. The second-order valence-corrected chi connectivity index (χ2v) is 4.62. The van der Waals surface area contributed by atoms with E-state index in [0.29, 0.717) is 19.7 Å². The van der Waals surface area contributed by atoms with Gasteiger partial charge < -0.3 is 10.5 Å². The lowest BCUT2D eigenvalue weighted by molar-refractivity contribution is 0.0390. The number of hydrogen-bond acceptors (Lipinski definition) is 3. The summed E-state index contributed by atoms with van der Waals surface area (Å²) >= 11 is 0. The lowest BCUT2D eigenvalue weighted by atomic mass is 10.0. The summed E-state index contributed by atoms with van der Waals surface area (Å²) in [5.74, 6) is -0.211. The Bertz CT molecular complexity index is 359. The van der Waals surface area contributed by atoms with Crippen molar-refractivity contribution in [2.45, 2.75) is 19.0 Å². The first-order valence-electron chi connectivity index (χ1n) is 5.66. The Labute approximate surface area is 102 Å². The summed E-state index contributed by atoms with van der Waals surface area (Å²) in [4.78, 5) is 2.09. The van der Waals surface area contributed by atoms with Gasteiger partial charge in [-0.2, -0.15) is 0 Å². The van der Waals surface area contributed by atoms with Gasteiger partial charge in [-0.15, -0.1) is 0 Å². The fourth-order valence-electron chi connectivity index (χ4n) is 1.74. The monoisotopic (exact) mass is 240 g/mol. The predicted molar refractivity (Wildman–Crippen MR) is 67.2 cm³/mol. The highest BCUT2D eigenvalue weighted by Crippen LogP contribution is 2.16. The zero-order valence-electron chi connectivity index (χ0n) is 10.7. The first-order chi connectivity index (χ1) is 8.01. The van der Waals surface area contributed by atoms with Crippen molar-refractivity contribution in [1.29, 1.82) is 0 Å². The van der Waals surface area contributed by atoms with E-state index in [0.717, 1.165) is 5.56 Å². The molecule has 0 saturated carbocycles. The first-order valence-corrected chi connectivity index (χ1v) is 5.66. The van der Waals surface area contributed by atoms with Crippen molar-refractivity contribution < 1.29 is 9.13 Å². The molecule has 1 aromatic carbocycles. The predicted octanol–water partition coefficient (Wildman–Crippen LogP) is 1.62. The summed E-state index contributed by atoms with van der Waals surface area (Å²) in [6, 6.07) is 6.61. The standard InChI is InChI=1S/C13H21FN2O/c1-13(9-15,10-17-3)16(2)8-11-5-4-6-12(14)7-11/h4-7H,8-10,15H2,1-3H3. The molecule has 1 rings (SSSR count). The third-order valence-electron chi connectivity index (χ3n) is 3.13. The van der Waals surface area contributed by atoms with E-state index in [2.05, 4.69) is 4.90 Å². The van der Waals surface area contributed by atoms with Crippen molar-refractivity contribution in [1.82, 2.24) is 4.90 Å². The van der Waals surface area contributed by atoms with Crippen LogP contribution in [0.2, 0.25) is 0 Å². The van der Waals surface area contributed by atoms with E-state index in [1.807, 2.05) is 20.0 Å². The Kier molecular flexibility index (Phi) is 5.05. The third-order valence-corrected chi connectivity index (χ3v) is 3.13. The fraction of sp³-hybridized carbons (Fsp3) is 0.538. The van der Waals surface area contributed by atoms with Gasteiger partial charge >= 0.3 is 0 Å². The van der Waals surface area contributed by atoms with Crippen molar-refractivity contribution in [3.8, 4) is 0 Å². The summed E-state index contributed by atoms with van der Waals surface area (Å²) in [5.41, 5.74) is 6.48. The van der Waals surface area contributed by atoms with Gasteiger partial charge in [0, 0.05) is 20.2 Å². The van der Waals surface area contributed by atoms with E-state index in [-0.39, 0.29) is 11.4 Å². The summed E-state index contributed by atoms with van der Waals surface area (Å²) < 4.78 is 18.3. The Morgan fingerprint density at radius 1 is 1.47 bits per heavy atom. The largest absolute Gasteiger partial charge is 0.383 e. The molecule has 3 nitrogen and oxygen atoms in total. The number of halogens is 1. The second kappa shape index (κ2) is 6.10. The fourth-order valence-corrected chi connectivity index (χ4v) is 1.74. The molecule has 0 fully saturated rings. The highest BCUT2D eigenvalue weighted by atomic mass is 19.1. The average molecular weight is 240 g/mol. The molecule has 0 heterocycles. The minimum atomic E-state index is -0.235. The first kappa shape index (κ1) is 14.1. The van der Waals surface area contributed by atoms with Gasteiger partial charge in [0.2, 0.25) is 0 Å². The third kappa shape index (κ3) is 3.77. The Balaban J connectivity index is 2.73. The van der Waals surface area contributed by atoms with Gasteiger partial charge in [-0.25, -0.2) is 4.39 Å². The van der Waals surface area contributed by atoms with Gasteiger partial charge in [-0.3, -0.25) is 4.90 Å². The second-order valence-electron chi connectivity index (χ2n) is 4.62. The van der Waals surface area contributed by atoms with Gasteiger partial charge in [0.15, 0.2) is 0 Å². The molecular formula is C13H21FN2O. The van der Waals surface area contributed by atoms with E-state index in [1.165, 1.54) is 6.07 Å². The highest BCUT2D eigenvalue weighted by Gasteiger charge is 2.27. The van der Waals surface area contributed by atoms with Crippen LogP contribution in [-0.2, 0) is 11.3 Å². The van der Waals surface area contributed by atoms with Crippen LogP contribution in [0.25, 0.3) is 0 Å². The summed E-state index contributed by atoms with van der Waals surface area (Å²) in [6.07, 6.45) is 0. The molecule has 0 aliphatic heterocycles. The SMILES string of the molecule is COCC(C)(CN)N(C)Cc1cccc(F)c1. The Morgan fingerprint density at radius 2 is 2.18 bits per heavy atom. The molecule has 1 unspecified atom stereocenters. The van der Waals surface area contributed by atoms with E-state index in [1.54, 1.807) is 19.2 Å². The van der Waals surface area contributed by atoms with Crippen LogP contribution in [0, 0.1) is 5.82 Å². The molecule has 0 bridgehead atoms. The molecule has 2 N–H and O–H groups in total. The van der Waals surface area contributed by atoms with Crippen molar-refractivity contribution >= 4 is 0 Å². The van der Waals surface area contributed by atoms with Crippen LogP contribution in [0.5, 0.6) is 0 Å². The molecule has 0 radical (unpaired) electrons. The number of nitrogens with zero attached hydrogens (tertiary/aromatic N) is 1. The molecule has 0 spiro atoms. The normalized spacial score (nSPS) is 14.9. The molecule has 0 saturated heterocycles. The smallest absolute Gasteiger partial charge is 0.123 e. The lowest BCUT2D eigenvalue weighted by Gasteiger charge is -2.37. The Morgan fingerprint density at radius 3 is 2.71 bits per heavy atom. The van der Waals surface area contributed by atoms with Gasteiger partial charge in [-0.05, 0) is 31.7 Å². The van der Waals surface area contributed by atoms with E-state index in [9.17, 15) is 4.39 Å². The number of benzene rings is 1. The number of nitrogens with two attached hydrogens (primary N) is 1. The maximum Gasteiger partial charge on any atom is 0.123 e. The zero-order valence-corrected chi connectivity index (χ0v) is 10.7. The van der Waals surface area contributed by atoms with Gasteiger partial charge in [0.05, 0.1) is 12.1 Å². The minimum absolute atomic E-state index is 0.211. The molecule has 17 heavy (non-hydrogen) atoms. The van der Waals surface area contributed by atoms with Crippen molar-refractivity contribution in [2.75, 3.05) is 27.3 Å². The molecule has 0 aliphatic carbocycles. The molecule has 0 amide bonds. The zero-order chi connectivity index (χ0) is 12.9. The Hall–Kier alpha value is -0.970. The van der Waals surface area contributed by atoms with Crippen LogP contribution in [0.15, 0.2) is 24.3 Å². The van der Waals surface area contributed by atoms with Gasteiger partial charge in [-0.1, -0.05) is 12.1 Å². The number of likely N-dealkylation sites (N-methyl/N-ethyl adjacent to an activating group) is 1. The van der Waals surface area contributed by atoms with E-state index >= 15 is 0 Å². The average Bonchev–Trinajstić information content (AvgIpc) is 2.29. The molecule has 96 valence electrons. The number of ether oxygens (including phenoxy) is 1. The van der Waals surface area contributed by atoms with E-state index in [4.69, 9.17) is 10.5 Å². The summed E-state index contributed by atoms with van der Waals surface area (Å²) in [5, 5.41) is 0. The topological polar surface area (TPSA) is 38.5 Å². The molecular weight excluding hydrogens is 219 g/mol. The summed E-state index contributed by atoms with van der Waals surface area (Å²) in [6.45, 7) is 3.73. The van der Waals surface area contributed by atoms with Crippen LogP contribution in [0.4, 0.5) is 4.39 Å². The molecule has 0 aromatic heterocycles. The van der Waals surface area contributed by atoms with Crippen LogP contribution >= 0.6 is 0 Å². The summed E-state index contributed by atoms with van der Waals surface area (Å²) in [7, 11) is 3.63. The maximum atomic E-state index is 13.1. The minimum Gasteiger partial charge on any atom is -0.383 e. The number of rotatable bonds is 6. The molecule has 4 heteroatoms. The van der Waals surface area contributed by atoms with Gasteiger partial charge in [0.25, 0.3) is 0 Å². The van der Waals surface area contributed by atoms with Gasteiger partial charge in [0.1, 0.15) is 5.82 Å². The molecule has 1 atom stereocenters. The van der Waals surface area contributed by atoms with Crippen molar-refractivity contribution in [2.24, 2.45) is 5.73 Å². The van der Waals surface area contributed by atoms with Crippen LogP contribution < -0.4 is 5.73 Å². The maximum absolute atomic E-state index is 13.1. The van der Waals surface area contributed by atoms with Crippen molar-refractivity contribution in [3.63, 3.8) is 0 Å². The van der Waals surface area contributed by atoms with E-state index < -0.39 is 0 Å². The molecule has 1 aromatic rings.